The van der Waals surface area contributed by atoms with Crippen molar-refractivity contribution in [1.29, 1.82) is 0 Å². The molecule has 0 radical (unpaired) electrons. The smallest absolute Gasteiger partial charge is 0.242 e. The summed E-state index contributed by atoms with van der Waals surface area (Å²) in [5.41, 5.74) is 3.44. The molecule has 0 heterocycles. The summed E-state index contributed by atoms with van der Waals surface area (Å²) in [7, 11) is 0. The molecule has 0 spiro atoms. The van der Waals surface area contributed by atoms with E-state index in [1.54, 1.807) is 16.7 Å². The minimum absolute atomic E-state index is 0.0169. The maximum atomic E-state index is 13.1. The quantitative estimate of drug-likeness (QED) is 0.574. The lowest BCUT2D eigenvalue weighted by molar-refractivity contribution is -0.141. The molecular formula is C24H32N2O2S. The molecule has 0 saturated carbocycles. The van der Waals surface area contributed by atoms with Gasteiger partial charge in [-0.25, -0.2) is 0 Å². The predicted molar refractivity (Wildman–Crippen MR) is 121 cm³/mol. The average molecular weight is 413 g/mol. The van der Waals surface area contributed by atoms with Crippen molar-refractivity contribution in [2.75, 3.05) is 12.3 Å². The highest BCUT2D eigenvalue weighted by atomic mass is 32.2. The predicted octanol–water partition coefficient (Wildman–Crippen LogP) is 4.73. The van der Waals surface area contributed by atoms with Crippen molar-refractivity contribution in [3.8, 4) is 0 Å². The normalized spacial score (nSPS) is 11.7. The molecule has 0 aliphatic rings. The molecule has 0 aliphatic heterocycles. The number of nitrogens with zero attached hydrogens (tertiary/aromatic N) is 1. The van der Waals surface area contributed by atoms with E-state index in [4.69, 9.17) is 0 Å². The second-order valence-electron chi connectivity index (χ2n) is 7.24. The molecule has 1 atom stereocenters. The van der Waals surface area contributed by atoms with Crippen LogP contribution in [0.25, 0.3) is 0 Å². The van der Waals surface area contributed by atoms with Crippen LogP contribution in [0.2, 0.25) is 0 Å². The van der Waals surface area contributed by atoms with Crippen LogP contribution >= 0.6 is 11.8 Å². The number of carbonyl (C=O) groups is 2. The molecule has 0 fully saturated rings. The maximum Gasteiger partial charge on any atom is 0.242 e. The second kappa shape index (κ2) is 11.7. The van der Waals surface area contributed by atoms with Gasteiger partial charge in [0, 0.05) is 30.2 Å². The molecule has 2 amide bonds. The van der Waals surface area contributed by atoms with Crippen LogP contribution in [-0.2, 0) is 16.1 Å². The number of hydrogen-bond donors (Lipinski definition) is 1. The van der Waals surface area contributed by atoms with E-state index in [9.17, 15) is 9.59 Å². The monoisotopic (exact) mass is 412 g/mol. The number of likely N-dealkylation sites (N-methyl/N-ethyl adjacent to an activating group) is 1. The summed E-state index contributed by atoms with van der Waals surface area (Å²) in [5, 5.41) is 2.88. The summed E-state index contributed by atoms with van der Waals surface area (Å²) >= 11 is 1.67. The number of rotatable bonds is 10. The summed E-state index contributed by atoms with van der Waals surface area (Å²) in [6, 6.07) is 16.0. The Balaban J connectivity index is 2.08. The van der Waals surface area contributed by atoms with Gasteiger partial charge in [-0.1, -0.05) is 54.4 Å². The summed E-state index contributed by atoms with van der Waals surface area (Å²) < 4.78 is 0. The fourth-order valence-corrected chi connectivity index (χ4v) is 3.98. The summed E-state index contributed by atoms with van der Waals surface area (Å²) in [6.45, 7) is 8.96. The highest BCUT2D eigenvalue weighted by Gasteiger charge is 2.28. The second-order valence-corrected chi connectivity index (χ2v) is 8.41. The van der Waals surface area contributed by atoms with Crippen molar-refractivity contribution in [1.82, 2.24) is 10.2 Å². The lowest BCUT2D eigenvalue weighted by Crippen LogP contribution is -2.49. The number of benzene rings is 2. The van der Waals surface area contributed by atoms with Gasteiger partial charge < -0.3 is 10.2 Å². The van der Waals surface area contributed by atoms with Gasteiger partial charge in [0.15, 0.2) is 0 Å². The fraction of sp³-hybridized carbons (Fsp3) is 0.417. The molecule has 0 aliphatic carbocycles. The molecular weight excluding hydrogens is 380 g/mol. The molecule has 2 aromatic carbocycles. The van der Waals surface area contributed by atoms with Gasteiger partial charge in [0.2, 0.25) is 11.8 Å². The summed E-state index contributed by atoms with van der Waals surface area (Å²) in [5.74, 6) is 0.628. The van der Waals surface area contributed by atoms with Gasteiger partial charge in [-0.05, 0) is 44.9 Å². The van der Waals surface area contributed by atoms with Crippen molar-refractivity contribution in [3.63, 3.8) is 0 Å². The van der Waals surface area contributed by atoms with Crippen LogP contribution in [0.3, 0.4) is 0 Å². The SMILES string of the molecule is CCNC(=O)[C@H](CC)N(Cc1ccc(C)cc1)C(=O)CCSc1ccc(C)cc1. The van der Waals surface area contributed by atoms with Crippen LogP contribution in [0.1, 0.15) is 43.4 Å². The molecule has 4 nitrogen and oxygen atoms in total. The van der Waals surface area contributed by atoms with Crippen molar-refractivity contribution < 1.29 is 9.59 Å². The van der Waals surface area contributed by atoms with Crippen molar-refractivity contribution in [2.45, 2.75) is 58.0 Å². The fourth-order valence-electron chi connectivity index (χ4n) is 3.14. The Morgan fingerprint density at radius 3 is 2.10 bits per heavy atom. The summed E-state index contributed by atoms with van der Waals surface area (Å²) in [4.78, 5) is 28.6. The minimum atomic E-state index is -0.451. The maximum absolute atomic E-state index is 13.1. The largest absolute Gasteiger partial charge is 0.355 e. The van der Waals surface area contributed by atoms with Crippen molar-refractivity contribution >= 4 is 23.6 Å². The Hall–Kier alpha value is -2.27. The molecule has 156 valence electrons. The summed E-state index contributed by atoms with van der Waals surface area (Å²) in [6.07, 6.45) is 0.995. The Bertz CT molecular complexity index is 788. The lowest BCUT2D eigenvalue weighted by Gasteiger charge is -2.30. The van der Waals surface area contributed by atoms with Crippen LogP contribution in [0.15, 0.2) is 53.4 Å². The van der Waals surface area contributed by atoms with Crippen LogP contribution in [0.4, 0.5) is 0 Å². The lowest BCUT2D eigenvalue weighted by atomic mass is 10.1. The number of hydrogen-bond acceptors (Lipinski definition) is 3. The van der Waals surface area contributed by atoms with Crippen LogP contribution < -0.4 is 5.32 Å². The molecule has 0 unspecified atom stereocenters. The number of thioether (sulfide) groups is 1. The molecule has 2 aromatic rings. The third-order valence-corrected chi connectivity index (χ3v) is 5.83. The van der Waals surface area contributed by atoms with Gasteiger partial charge in [-0.2, -0.15) is 0 Å². The first-order valence-electron chi connectivity index (χ1n) is 10.3. The van der Waals surface area contributed by atoms with E-state index in [1.807, 2.05) is 45.0 Å². The standard InChI is InChI=1S/C24H32N2O2S/c1-5-22(24(28)25-6-2)26(17-20-11-7-18(3)8-12-20)23(27)15-16-29-21-13-9-19(4)10-14-21/h7-14,22H,5-6,15-17H2,1-4H3,(H,25,28)/t22-/m0/s1. The van der Waals surface area contributed by atoms with Crippen LogP contribution in [0.5, 0.6) is 0 Å². The first kappa shape index (κ1) is 23.0. The highest BCUT2D eigenvalue weighted by Crippen LogP contribution is 2.21. The molecule has 5 heteroatoms. The van der Waals surface area contributed by atoms with Gasteiger partial charge in [0.1, 0.15) is 6.04 Å². The van der Waals surface area contributed by atoms with Gasteiger partial charge in [-0.3, -0.25) is 9.59 Å². The average Bonchev–Trinajstić information content (AvgIpc) is 2.71. The first-order chi connectivity index (χ1) is 13.9. The Morgan fingerprint density at radius 2 is 1.55 bits per heavy atom. The number of carbonyl (C=O) groups excluding carboxylic acids is 2. The number of amides is 2. The third kappa shape index (κ3) is 7.24. The van der Waals surface area contributed by atoms with E-state index in [0.717, 1.165) is 10.5 Å². The van der Waals surface area contributed by atoms with E-state index < -0.39 is 6.04 Å². The zero-order valence-electron chi connectivity index (χ0n) is 17.9. The van der Waals surface area contributed by atoms with Gasteiger partial charge in [-0.15, -0.1) is 11.8 Å². The molecule has 0 aromatic heterocycles. The zero-order valence-corrected chi connectivity index (χ0v) is 18.7. The Kier molecular flexibility index (Phi) is 9.26. The molecule has 0 bridgehead atoms. The third-order valence-electron chi connectivity index (χ3n) is 4.82. The van der Waals surface area contributed by atoms with E-state index in [0.29, 0.717) is 31.7 Å². The van der Waals surface area contributed by atoms with E-state index >= 15 is 0 Å². The van der Waals surface area contributed by atoms with Crippen LogP contribution in [0, 0.1) is 13.8 Å². The van der Waals surface area contributed by atoms with Gasteiger partial charge >= 0.3 is 0 Å². The van der Waals surface area contributed by atoms with Crippen molar-refractivity contribution in [2.24, 2.45) is 0 Å². The molecule has 2 rings (SSSR count). The molecule has 1 N–H and O–H groups in total. The Morgan fingerprint density at radius 1 is 0.966 bits per heavy atom. The minimum Gasteiger partial charge on any atom is -0.355 e. The molecule has 0 saturated heterocycles. The van der Waals surface area contributed by atoms with Crippen LogP contribution in [-0.4, -0.2) is 35.1 Å². The highest BCUT2D eigenvalue weighted by molar-refractivity contribution is 7.99. The van der Waals surface area contributed by atoms with Gasteiger partial charge in [0.25, 0.3) is 0 Å². The van der Waals surface area contributed by atoms with Crippen molar-refractivity contribution in [3.05, 3.63) is 65.2 Å². The molecule has 29 heavy (non-hydrogen) atoms. The Labute approximate surface area is 179 Å². The number of nitrogens with one attached hydrogen (secondary N) is 1. The van der Waals surface area contributed by atoms with E-state index in [2.05, 4.69) is 36.5 Å². The van der Waals surface area contributed by atoms with Gasteiger partial charge in [0.05, 0.1) is 0 Å². The first-order valence-corrected chi connectivity index (χ1v) is 11.2. The van der Waals surface area contributed by atoms with E-state index in [1.165, 1.54) is 11.1 Å². The number of aryl methyl sites for hydroxylation is 2. The van der Waals surface area contributed by atoms with E-state index in [-0.39, 0.29) is 11.8 Å². The topological polar surface area (TPSA) is 49.4 Å². The zero-order chi connectivity index (χ0) is 21.2.